The zero-order valence-corrected chi connectivity index (χ0v) is 10.5. The monoisotopic (exact) mass is 245 g/mol. The third kappa shape index (κ3) is 3.28. The van der Waals surface area contributed by atoms with E-state index in [0.29, 0.717) is 6.54 Å². The Bertz CT molecular complexity index is 395. The normalized spacial score (nSPS) is 20.0. The Hall–Kier alpha value is -1.44. The molecule has 1 N–H and O–H groups in total. The molecule has 0 amide bonds. The molecule has 0 unspecified atom stereocenters. The van der Waals surface area contributed by atoms with Crippen LogP contribution in [0.3, 0.4) is 0 Å². The Kier molecular flexibility index (Phi) is 4.68. The van der Waals surface area contributed by atoms with Crippen LogP contribution in [0.1, 0.15) is 30.9 Å². The summed E-state index contributed by atoms with van der Waals surface area (Å²) in [7, 11) is 0. The highest BCUT2D eigenvalue weighted by atomic mass is 16.3. The van der Waals surface area contributed by atoms with Gasteiger partial charge >= 0.3 is 0 Å². The Balaban J connectivity index is 1.98. The summed E-state index contributed by atoms with van der Waals surface area (Å²) in [5.41, 5.74) is 0.772. The second kappa shape index (κ2) is 6.48. The van der Waals surface area contributed by atoms with Crippen molar-refractivity contribution in [1.29, 1.82) is 5.26 Å². The number of aliphatic hydroxyl groups excluding tert-OH is 1. The molecule has 2 heterocycles. The number of aromatic nitrogens is 1. The molecule has 1 aliphatic rings. The van der Waals surface area contributed by atoms with Crippen LogP contribution in [0, 0.1) is 17.2 Å². The van der Waals surface area contributed by atoms with Gasteiger partial charge in [-0.25, -0.2) is 0 Å². The quantitative estimate of drug-likeness (QED) is 0.877. The smallest absolute Gasteiger partial charge is 0.0961 e. The second-order valence-corrected chi connectivity index (χ2v) is 4.82. The molecule has 1 fully saturated rings. The minimum Gasteiger partial charge on any atom is -0.387 e. The molecule has 0 aliphatic carbocycles. The van der Waals surface area contributed by atoms with Gasteiger partial charge in [-0.05, 0) is 43.6 Å². The van der Waals surface area contributed by atoms with Gasteiger partial charge in [-0.2, -0.15) is 5.26 Å². The molecule has 1 aromatic rings. The maximum Gasteiger partial charge on any atom is 0.0961 e. The largest absolute Gasteiger partial charge is 0.387 e. The molecule has 96 valence electrons. The lowest BCUT2D eigenvalue weighted by molar-refractivity contribution is 0.0989. The van der Waals surface area contributed by atoms with E-state index in [1.54, 1.807) is 24.5 Å². The van der Waals surface area contributed by atoms with Crippen LogP contribution in [0.15, 0.2) is 24.5 Å². The van der Waals surface area contributed by atoms with Crippen molar-refractivity contribution < 1.29 is 5.11 Å². The van der Waals surface area contributed by atoms with Crippen molar-refractivity contribution in [3.63, 3.8) is 0 Å². The van der Waals surface area contributed by atoms with Crippen LogP contribution < -0.4 is 0 Å². The van der Waals surface area contributed by atoms with E-state index >= 15 is 0 Å². The van der Waals surface area contributed by atoms with Crippen LogP contribution in [-0.4, -0.2) is 34.6 Å². The first-order chi connectivity index (χ1) is 8.81. The van der Waals surface area contributed by atoms with Gasteiger partial charge in [-0.3, -0.25) is 4.98 Å². The number of pyridine rings is 1. The van der Waals surface area contributed by atoms with Crippen molar-refractivity contribution in [1.82, 2.24) is 9.88 Å². The fourth-order valence-electron chi connectivity index (χ4n) is 2.42. The van der Waals surface area contributed by atoms with Crippen LogP contribution in [0.5, 0.6) is 0 Å². The number of nitriles is 1. The highest BCUT2D eigenvalue weighted by Crippen LogP contribution is 2.23. The Morgan fingerprint density at radius 3 is 2.56 bits per heavy atom. The van der Waals surface area contributed by atoms with Gasteiger partial charge in [0.25, 0.3) is 0 Å². The van der Waals surface area contributed by atoms with Crippen LogP contribution in [0.25, 0.3) is 0 Å². The van der Waals surface area contributed by atoms with Gasteiger partial charge in [0, 0.05) is 18.9 Å². The molecule has 1 aromatic heterocycles. The lowest BCUT2D eigenvalue weighted by Crippen LogP contribution is -2.35. The first-order valence-corrected chi connectivity index (χ1v) is 6.51. The average molecular weight is 245 g/mol. The van der Waals surface area contributed by atoms with E-state index in [4.69, 9.17) is 0 Å². The van der Waals surface area contributed by atoms with Crippen LogP contribution >= 0.6 is 0 Å². The summed E-state index contributed by atoms with van der Waals surface area (Å²) in [6.07, 6.45) is 6.25. The minimum atomic E-state index is -0.722. The van der Waals surface area contributed by atoms with Crippen molar-refractivity contribution in [3.8, 4) is 6.07 Å². The zero-order valence-electron chi connectivity index (χ0n) is 10.5. The number of piperidine rings is 1. The predicted molar refractivity (Wildman–Crippen MR) is 68.6 cm³/mol. The third-order valence-electron chi connectivity index (χ3n) is 3.50. The van der Waals surface area contributed by atoms with Gasteiger partial charge in [-0.15, -0.1) is 0 Å². The van der Waals surface area contributed by atoms with Crippen LogP contribution in [-0.2, 0) is 0 Å². The molecular formula is C14H19N3O. The van der Waals surface area contributed by atoms with E-state index in [-0.39, 0.29) is 5.92 Å². The van der Waals surface area contributed by atoms with Crippen molar-refractivity contribution in [2.24, 2.45) is 5.92 Å². The van der Waals surface area contributed by atoms with Crippen molar-refractivity contribution >= 4 is 0 Å². The molecule has 2 rings (SSSR count). The summed E-state index contributed by atoms with van der Waals surface area (Å²) in [5.74, 6) is -0.370. The van der Waals surface area contributed by atoms with Crippen molar-refractivity contribution in [3.05, 3.63) is 30.1 Å². The van der Waals surface area contributed by atoms with Crippen molar-refractivity contribution in [2.75, 3.05) is 19.6 Å². The molecule has 2 atom stereocenters. The fourth-order valence-corrected chi connectivity index (χ4v) is 2.42. The molecule has 1 aliphatic heterocycles. The topological polar surface area (TPSA) is 60.2 Å². The summed E-state index contributed by atoms with van der Waals surface area (Å²) in [6, 6.07) is 5.77. The standard InChI is InChI=1S/C14H19N3O/c15-10-13(11-17-8-2-1-3-9-17)14(18)12-4-6-16-7-5-12/h4-7,13-14,18H,1-3,8-9,11H2/t13-,14+/m1/s1. The van der Waals surface area contributed by atoms with Crippen LogP contribution in [0.4, 0.5) is 0 Å². The summed E-state index contributed by atoms with van der Waals surface area (Å²) < 4.78 is 0. The number of aliphatic hydroxyl groups is 1. The second-order valence-electron chi connectivity index (χ2n) is 4.82. The number of hydrogen-bond donors (Lipinski definition) is 1. The Morgan fingerprint density at radius 2 is 1.94 bits per heavy atom. The zero-order chi connectivity index (χ0) is 12.8. The number of hydrogen-bond acceptors (Lipinski definition) is 4. The molecule has 4 nitrogen and oxygen atoms in total. The van der Waals surface area contributed by atoms with E-state index in [2.05, 4.69) is 16.0 Å². The van der Waals surface area contributed by atoms with Gasteiger partial charge in [0.1, 0.15) is 0 Å². The lowest BCUT2D eigenvalue weighted by atomic mass is 9.96. The molecule has 0 aromatic carbocycles. The van der Waals surface area contributed by atoms with Gasteiger partial charge in [0.05, 0.1) is 18.1 Å². The molecule has 0 bridgehead atoms. The molecule has 4 heteroatoms. The highest BCUT2D eigenvalue weighted by molar-refractivity contribution is 5.16. The summed E-state index contributed by atoms with van der Waals surface area (Å²) in [6.45, 7) is 2.74. The SMILES string of the molecule is N#C[C@H](CN1CCCCC1)[C@@H](O)c1ccncc1. The van der Waals surface area contributed by atoms with E-state index in [1.165, 1.54) is 19.3 Å². The number of rotatable bonds is 4. The number of nitrogens with zero attached hydrogens (tertiary/aromatic N) is 3. The van der Waals surface area contributed by atoms with E-state index in [9.17, 15) is 10.4 Å². The lowest BCUT2D eigenvalue weighted by Gasteiger charge is -2.29. The maximum atomic E-state index is 10.2. The molecule has 1 saturated heterocycles. The summed E-state index contributed by atoms with van der Waals surface area (Å²) >= 11 is 0. The van der Waals surface area contributed by atoms with E-state index in [0.717, 1.165) is 18.7 Å². The van der Waals surface area contributed by atoms with Crippen molar-refractivity contribution in [2.45, 2.75) is 25.4 Å². The highest BCUT2D eigenvalue weighted by Gasteiger charge is 2.24. The molecule has 0 spiro atoms. The van der Waals surface area contributed by atoms with Gasteiger partial charge in [-0.1, -0.05) is 6.42 Å². The average Bonchev–Trinajstić information content (AvgIpc) is 2.46. The van der Waals surface area contributed by atoms with Gasteiger partial charge in [0.15, 0.2) is 0 Å². The van der Waals surface area contributed by atoms with E-state index < -0.39 is 6.10 Å². The Labute approximate surface area is 108 Å². The summed E-state index contributed by atoms with van der Waals surface area (Å²) in [4.78, 5) is 6.20. The molecule has 0 radical (unpaired) electrons. The maximum absolute atomic E-state index is 10.2. The molecule has 18 heavy (non-hydrogen) atoms. The fraction of sp³-hybridized carbons (Fsp3) is 0.571. The van der Waals surface area contributed by atoms with E-state index in [1.807, 2.05) is 0 Å². The predicted octanol–water partition coefficient (Wildman–Crippen LogP) is 1.74. The Morgan fingerprint density at radius 1 is 1.28 bits per heavy atom. The molecule has 0 saturated carbocycles. The first-order valence-electron chi connectivity index (χ1n) is 6.51. The minimum absolute atomic E-state index is 0.370. The summed E-state index contributed by atoms with van der Waals surface area (Å²) in [5, 5.41) is 19.5. The third-order valence-corrected chi connectivity index (χ3v) is 3.50. The van der Waals surface area contributed by atoms with Crippen LogP contribution in [0.2, 0.25) is 0 Å². The van der Waals surface area contributed by atoms with Gasteiger partial charge in [0.2, 0.25) is 0 Å². The first kappa shape index (κ1) is 13.0. The number of likely N-dealkylation sites (tertiary alicyclic amines) is 1. The van der Waals surface area contributed by atoms with Gasteiger partial charge < -0.3 is 10.0 Å². The molecular weight excluding hydrogens is 226 g/mol.